The zero-order valence-electron chi connectivity index (χ0n) is 8.55. The minimum atomic E-state index is -1.48. The van der Waals surface area contributed by atoms with Crippen molar-refractivity contribution in [1.82, 2.24) is 4.98 Å². The summed E-state index contributed by atoms with van der Waals surface area (Å²) in [5.41, 5.74) is -0.0985. The topological polar surface area (TPSA) is 85.7 Å². The van der Waals surface area contributed by atoms with Crippen LogP contribution in [0.5, 0.6) is 5.06 Å². The summed E-state index contributed by atoms with van der Waals surface area (Å²) in [5.74, 6) is -0.685. The van der Waals surface area contributed by atoms with Gasteiger partial charge in [-0.3, -0.25) is 0 Å². The first-order chi connectivity index (χ1) is 7.58. The Morgan fingerprint density at radius 3 is 2.75 bits per heavy atom. The third kappa shape index (κ3) is 3.11. The number of carboxylic acid groups (broad SMARTS) is 1. The molecule has 1 rings (SSSR count). The van der Waals surface area contributed by atoms with Crippen LogP contribution >= 0.6 is 23.1 Å². The van der Waals surface area contributed by atoms with Gasteiger partial charge in [0.2, 0.25) is 10.8 Å². The Morgan fingerprint density at radius 1 is 1.56 bits per heavy atom. The smallest absolute Gasteiger partial charge is 0.461 e. The monoisotopic (exact) mass is 263 g/mol. The van der Waals surface area contributed by atoms with E-state index in [0.717, 1.165) is 11.3 Å². The molecule has 0 saturated carbocycles. The van der Waals surface area contributed by atoms with Crippen molar-refractivity contribution in [3.05, 3.63) is 5.69 Å². The molecule has 1 N–H and O–H groups in total. The minimum absolute atomic E-state index is 0.0599. The number of aromatic nitrogens is 1. The lowest BCUT2D eigenvalue weighted by atomic mass is 10.5. The highest BCUT2D eigenvalue weighted by atomic mass is 32.2. The average Bonchev–Trinajstić information content (AvgIpc) is 2.60. The van der Waals surface area contributed by atoms with Gasteiger partial charge in [-0.05, 0) is 13.2 Å². The molecule has 8 heteroatoms. The molecule has 0 bridgehead atoms. The Bertz CT molecular complexity index is 403. The molecule has 0 saturated heterocycles. The Morgan fingerprint density at radius 2 is 2.25 bits per heavy atom. The highest BCUT2D eigenvalue weighted by Crippen LogP contribution is 2.33. The van der Waals surface area contributed by atoms with Crippen molar-refractivity contribution in [2.24, 2.45) is 0 Å². The van der Waals surface area contributed by atoms with Gasteiger partial charge in [0.15, 0.2) is 4.34 Å². The van der Waals surface area contributed by atoms with E-state index in [9.17, 15) is 9.59 Å². The Kier molecular flexibility index (Phi) is 4.56. The van der Waals surface area contributed by atoms with Crippen molar-refractivity contribution in [3.63, 3.8) is 0 Å². The van der Waals surface area contributed by atoms with E-state index >= 15 is 0 Å². The number of hydrogen-bond acceptors (Lipinski definition) is 7. The van der Waals surface area contributed by atoms with Crippen LogP contribution in [0.2, 0.25) is 0 Å². The standard InChI is InChI=1S/C8H9NO5S2/c1-3-13-5(10)4-6(14-8(11)12)16-7(9-4)15-2/h3H2,1-2H3,(H,11,12). The number of carbonyl (C=O) groups excluding carboxylic acids is 1. The van der Waals surface area contributed by atoms with Crippen LogP contribution in [0.1, 0.15) is 17.4 Å². The fourth-order valence-electron chi connectivity index (χ4n) is 0.852. The summed E-state index contributed by atoms with van der Waals surface area (Å²) in [4.78, 5) is 25.7. The zero-order chi connectivity index (χ0) is 12.1. The molecule has 0 spiro atoms. The number of nitrogens with zero attached hydrogens (tertiary/aromatic N) is 1. The second kappa shape index (κ2) is 5.71. The summed E-state index contributed by atoms with van der Waals surface area (Å²) in [7, 11) is 0. The van der Waals surface area contributed by atoms with Crippen LogP contribution in [0.15, 0.2) is 4.34 Å². The summed E-state index contributed by atoms with van der Waals surface area (Å²) in [5, 5.41) is 8.42. The molecular weight excluding hydrogens is 254 g/mol. The van der Waals surface area contributed by atoms with Crippen LogP contribution < -0.4 is 4.74 Å². The lowest BCUT2D eigenvalue weighted by molar-refractivity contribution is 0.0516. The maximum atomic E-state index is 11.4. The van der Waals surface area contributed by atoms with Crippen molar-refractivity contribution in [2.45, 2.75) is 11.3 Å². The maximum Gasteiger partial charge on any atom is 0.512 e. The van der Waals surface area contributed by atoms with E-state index in [-0.39, 0.29) is 17.4 Å². The SMILES string of the molecule is CCOC(=O)c1nc(SC)sc1OC(=O)O. The maximum absolute atomic E-state index is 11.4. The van der Waals surface area contributed by atoms with Gasteiger partial charge in [0.1, 0.15) is 0 Å². The third-order valence-corrected chi connectivity index (χ3v) is 3.32. The fraction of sp³-hybridized carbons (Fsp3) is 0.375. The second-order valence-electron chi connectivity index (χ2n) is 2.41. The van der Waals surface area contributed by atoms with Gasteiger partial charge in [0, 0.05) is 0 Å². The highest BCUT2D eigenvalue weighted by Gasteiger charge is 2.22. The first-order valence-electron chi connectivity index (χ1n) is 4.21. The van der Waals surface area contributed by atoms with Gasteiger partial charge in [-0.1, -0.05) is 23.1 Å². The van der Waals surface area contributed by atoms with Crippen LogP contribution in [0.4, 0.5) is 4.79 Å². The zero-order valence-corrected chi connectivity index (χ0v) is 10.2. The molecule has 0 amide bonds. The highest BCUT2D eigenvalue weighted by molar-refractivity contribution is 8.00. The van der Waals surface area contributed by atoms with E-state index in [1.165, 1.54) is 11.8 Å². The molecular formula is C8H9NO5S2. The van der Waals surface area contributed by atoms with Crippen molar-refractivity contribution in [3.8, 4) is 5.06 Å². The van der Waals surface area contributed by atoms with Crippen LogP contribution in [0.25, 0.3) is 0 Å². The van der Waals surface area contributed by atoms with Crippen molar-refractivity contribution in [1.29, 1.82) is 0 Å². The number of carbonyl (C=O) groups is 2. The van der Waals surface area contributed by atoms with Gasteiger partial charge in [0.25, 0.3) is 0 Å². The van der Waals surface area contributed by atoms with Crippen molar-refractivity contribution in [2.75, 3.05) is 12.9 Å². The van der Waals surface area contributed by atoms with Crippen LogP contribution in [0, 0.1) is 0 Å². The van der Waals surface area contributed by atoms with Crippen molar-refractivity contribution < 1.29 is 24.2 Å². The third-order valence-electron chi connectivity index (χ3n) is 1.40. The molecule has 0 aromatic carbocycles. The molecule has 16 heavy (non-hydrogen) atoms. The first-order valence-corrected chi connectivity index (χ1v) is 6.25. The molecule has 6 nitrogen and oxygen atoms in total. The lowest BCUT2D eigenvalue weighted by Gasteiger charge is -1.99. The van der Waals surface area contributed by atoms with Gasteiger partial charge in [0.05, 0.1) is 6.61 Å². The Labute approximate surface area is 99.6 Å². The molecule has 0 aliphatic carbocycles. The molecule has 88 valence electrons. The van der Waals surface area contributed by atoms with Crippen LogP contribution in [0.3, 0.4) is 0 Å². The van der Waals surface area contributed by atoms with Crippen molar-refractivity contribution >= 4 is 35.2 Å². The molecule has 1 heterocycles. The van der Waals surface area contributed by atoms with Gasteiger partial charge in [-0.25, -0.2) is 14.6 Å². The number of thiazole rings is 1. The predicted octanol–water partition coefficient (Wildman–Crippen LogP) is 2.10. The molecule has 1 aromatic heterocycles. The average molecular weight is 263 g/mol. The lowest BCUT2D eigenvalue weighted by Crippen LogP contribution is -2.09. The second-order valence-corrected chi connectivity index (χ2v) is 4.42. The summed E-state index contributed by atoms with van der Waals surface area (Å²) in [6.07, 6.45) is 0.278. The molecule has 0 aliphatic rings. The predicted molar refractivity (Wildman–Crippen MR) is 58.5 cm³/mol. The summed E-state index contributed by atoms with van der Waals surface area (Å²) in [6.45, 7) is 1.84. The van der Waals surface area contributed by atoms with Gasteiger partial charge in [-0.2, -0.15) is 0 Å². The molecule has 1 aromatic rings. The molecule has 0 unspecified atom stereocenters. The normalized spacial score (nSPS) is 9.88. The molecule has 0 atom stereocenters. The van der Waals surface area contributed by atoms with E-state index < -0.39 is 12.1 Å². The van der Waals surface area contributed by atoms with E-state index in [1.54, 1.807) is 13.2 Å². The largest absolute Gasteiger partial charge is 0.512 e. The Balaban J connectivity index is 2.99. The van der Waals surface area contributed by atoms with Crippen LogP contribution in [-0.2, 0) is 4.74 Å². The van der Waals surface area contributed by atoms with E-state index in [4.69, 9.17) is 9.84 Å². The number of hydrogen-bond donors (Lipinski definition) is 1. The Hall–Kier alpha value is -1.28. The van der Waals surface area contributed by atoms with E-state index in [1.807, 2.05) is 0 Å². The van der Waals surface area contributed by atoms with Crippen LogP contribution in [-0.4, -0.2) is 35.1 Å². The number of rotatable bonds is 4. The molecule has 0 radical (unpaired) electrons. The number of esters is 1. The van der Waals surface area contributed by atoms with E-state index in [2.05, 4.69) is 9.72 Å². The van der Waals surface area contributed by atoms with Gasteiger partial charge in [-0.15, -0.1) is 0 Å². The van der Waals surface area contributed by atoms with Gasteiger partial charge < -0.3 is 14.6 Å². The molecule has 0 fully saturated rings. The summed E-state index contributed by atoms with van der Waals surface area (Å²) in [6, 6.07) is 0. The summed E-state index contributed by atoms with van der Waals surface area (Å²) < 4.78 is 9.73. The minimum Gasteiger partial charge on any atom is -0.461 e. The fourth-order valence-corrected chi connectivity index (χ4v) is 2.23. The van der Waals surface area contributed by atoms with Gasteiger partial charge >= 0.3 is 12.1 Å². The summed E-state index contributed by atoms with van der Waals surface area (Å²) >= 11 is 2.28. The quantitative estimate of drug-likeness (QED) is 0.657. The first kappa shape index (κ1) is 12.8. The number of ether oxygens (including phenoxy) is 2. The number of thioether (sulfide) groups is 1. The van der Waals surface area contributed by atoms with E-state index in [0.29, 0.717) is 4.34 Å². The molecule has 0 aliphatic heterocycles.